The molecule has 8 heteroatoms. The normalized spacial score (nSPS) is 15.6. The van der Waals surface area contributed by atoms with Crippen LogP contribution in [-0.4, -0.2) is 17.8 Å². The number of benzene rings is 2. The van der Waals surface area contributed by atoms with Gasteiger partial charge in [-0.15, -0.1) is 0 Å². The summed E-state index contributed by atoms with van der Waals surface area (Å²) < 4.78 is 6.56. The Balaban J connectivity index is 1.63. The number of halogens is 1. The quantitative estimate of drug-likeness (QED) is 0.409. The molecular weight excluding hydrogens is 468 g/mol. The van der Waals surface area contributed by atoms with Crippen LogP contribution in [0.2, 0.25) is 0 Å². The molecule has 0 radical (unpaired) electrons. The van der Waals surface area contributed by atoms with E-state index in [4.69, 9.17) is 4.42 Å². The summed E-state index contributed by atoms with van der Waals surface area (Å²) in [4.78, 5) is 39.7. The number of aryl methyl sites for hydroxylation is 1. The average Bonchev–Trinajstić information content (AvgIpc) is 3.14. The second-order valence-electron chi connectivity index (χ2n) is 6.46. The van der Waals surface area contributed by atoms with Gasteiger partial charge >= 0.3 is 6.03 Å². The standard InChI is InChI=1S/C22H15BrN2O4S/c1-13-11-14(23)7-9-18(13)25-21(27)17(20(26)24-22(25)28)12-15-8-10-19(29-15)30-16-5-3-2-4-6-16/h2-12H,1H3,(H,24,26,28)/b17-12+. The predicted molar refractivity (Wildman–Crippen MR) is 117 cm³/mol. The summed E-state index contributed by atoms with van der Waals surface area (Å²) >= 11 is 4.78. The molecule has 0 spiro atoms. The van der Waals surface area contributed by atoms with Crippen LogP contribution in [0.5, 0.6) is 0 Å². The van der Waals surface area contributed by atoms with Gasteiger partial charge in [-0.2, -0.15) is 0 Å². The first kappa shape index (κ1) is 20.2. The summed E-state index contributed by atoms with van der Waals surface area (Å²) in [6, 6.07) is 17.5. The maximum Gasteiger partial charge on any atom is 0.335 e. The lowest BCUT2D eigenvalue weighted by Gasteiger charge is -2.27. The number of urea groups is 1. The molecule has 0 unspecified atom stereocenters. The van der Waals surface area contributed by atoms with E-state index in [1.807, 2.05) is 30.3 Å². The van der Waals surface area contributed by atoms with Crippen LogP contribution in [0.4, 0.5) is 10.5 Å². The van der Waals surface area contributed by atoms with E-state index in [1.165, 1.54) is 17.8 Å². The highest BCUT2D eigenvalue weighted by Gasteiger charge is 2.37. The molecule has 0 atom stereocenters. The molecule has 6 nitrogen and oxygen atoms in total. The van der Waals surface area contributed by atoms with Crippen LogP contribution in [0, 0.1) is 6.92 Å². The molecule has 1 fully saturated rings. The maximum atomic E-state index is 13.0. The average molecular weight is 483 g/mol. The van der Waals surface area contributed by atoms with Gasteiger partial charge in [0.15, 0.2) is 5.09 Å². The van der Waals surface area contributed by atoms with Crippen LogP contribution in [0.15, 0.2) is 85.1 Å². The Morgan fingerprint density at radius 3 is 2.53 bits per heavy atom. The van der Waals surface area contributed by atoms with E-state index >= 15 is 0 Å². The maximum absolute atomic E-state index is 13.0. The molecule has 30 heavy (non-hydrogen) atoms. The fourth-order valence-corrected chi connectivity index (χ4v) is 4.23. The summed E-state index contributed by atoms with van der Waals surface area (Å²) in [6.07, 6.45) is 1.35. The van der Waals surface area contributed by atoms with Gasteiger partial charge < -0.3 is 4.42 Å². The number of barbiturate groups is 1. The van der Waals surface area contributed by atoms with E-state index in [-0.39, 0.29) is 5.57 Å². The van der Waals surface area contributed by atoms with Gasteiger partial charge in [0.25, 0.3) is 11.8 Å². The van der Waals surface area contributed by atoms with Crippen molar-refractivity contribution < 1.29 is 18.8 Å². The van der Waals surface area contributed by atoms with Crippen molar-refractivity contribution in [3.63, 3.8) is 0 Å². The van der Waals surface area contributed by atoms with E-state index < -0.39 is 17.8 Å². The minimum Gasteiger partial charge on any atom is -0.450 e. The molecule has 2 heterocycles. The number of rotatable bonds is 4. The summed E-state index contributed by atoms with van der Waals surface area (Å²) in [5.41, 5.74) is 0.933. The molecule has 1 aliphatic rings. The van der Waals surface area contributed by atoms with Gasteiger partial charge in [-0.1, -0.05) is 45.9 Å². The van der Waals surface area contributed by atoms with Gasteiger partial charge in [0.05, 0.1) is 5.69 Å². The first-order chi connectivity index (χ1) is 14.4. The SMILES string of the molecule is Cc1cc(Br)ccc1N1C(=O)NC(=O)/C(=C\c2ccc(Sc3ccccc3)o2)C1=O. The summed E-state index contributed by atoms with van der Waals surface area (Å²) in [5, 5.41) is 2.84. The summed E-state index contributed by atoms with van der Waals surface area (Å²) in [6.45, 7) is 1.78. The van der Waals surface area contributed by atoms with Crippen LogP contribution in [-0.2, 0) is 9.59 Å². The highest BCUT2D eigenvalue weighted by Crippen LogP contribution is 2.31. The smallest absolute Gasteiger partial charge is 0.335 e. The fraction of sp³-hybridized carbons (Fsp3) is 0.0455. The molecule has 1 aliphatic heterocycles. The third kappa shape index (κ3) is 4.10. The fourth-order valence-electron chi connectivity index (χ4n) is 2.96. The van der Waals surface area contributed by atoms with Crippen molar-refractivity contribution in [1.29, 1.82) is 0 Å². The molecule has 4 rings (SSSR count). The molecule has 4 amide bonds. The third-order valence-electron chi connectivity index (χ3n) is 4.35. The zero-order valence-corrected chi connectivity index (χ0v) is 18.1. The number of imide groups is 2. The summed E-state index contributed by atoms with van der Waals surface area (Å²) in [5.74, 6) is -1.12. The van der Waals surface area contributed by atoms with Crippen LogP contribution < -0.4 is 10.2 Å². The van der Waals surface area contributed by atoms with Crippen molar-refractivity contribution in [2.24, 2.45) is 0 Å². The van der Waals surface area contributed by atoms with E-state index in [0.717, 1.165) is 14.3 Å². The lowest BCUT2D eigenvalue weighted by atomic mass is 10.1. The first-order valence-corrected chi connectivity index (χ1v) is 10.5. The minimum atomic E-state index is -0.785. The van der Waals surface area contributed by atoms with Gasteiger partial charge in [0, 0.05) is 9.37 Å². The lowest BCUT2D eigenvalue weighted by molar-refractivity contribution is -0.122. The van der Waals surface area contributed by atoms with Crippen LogP contribution in [0.3, 0.4) is 0 Å². The number of nitrogens with zero attached hydrogens (tertiary/aromatic N) is 1. The number of hydrogen-bond donors (Lipinski definition) is 1. The Morgan fingerprint density at radius 1 is 1.03 bits per heavy atom. The Bertz CT molecular complexity index is 1190. The third-order valence-corrected chi connectivity index (χ3v) is 5.77. The number of hydrogen-bond acceptors (Lipinski definition) is 5. The highest BCUT2D eigenvalue weighted by atomic mass is 79.9. The van der Waals surface area contributed by atoms with Gasteiger partial charge in [-0.25, -0.2) is 9.69 Å². The molecule has 0 aliphatic carbocycles. The Labute approximate surface area is 185 Å². The van der Waals surface area contributed by atoms with E-state index in [1.54, 1.807) is 37.3 Å². The van der Waals surface area contributed by atoms with Crippen molar-refractivity contribution in [2.45, 2.75) is 16.9 Å². The molecule has 2 aromatic carbocycles. The largest absolute Gasteiger partial charge is 0.450 e. The number of amides is 4. The number of furan rings is 1. The van der Waals surface area contributed by atoms with Gasteiger partial charge in [0.2, 0.25) is 0 Å². The molecule has 3 aromatic rings. The number of nitrogens with one attached hydrogen (secondary N) is 1. The van der Waals surface area contributed by atoms with Crippen LogP contribution in [0.1, 0.15) is 11.3 Å². The van der Waals surface area contributed by atoms with Crippen LogP contribution >= 0.6 is 27.7 Å². The highest BCUT2D eigenvalue weighted by molar-refractivity contribution is 9.10. The Hall–Kier alpha value is -3.10. The second-order valence-corrected chi connectivity index (χ2v) is 8.45. The van der Waals surface area contributed by atoms with E-state index in [0.29, 0.717) is 22.1 Å². The van der Waals surface area contributed by atoms with Gasteiger partial charge in [-0.05, 0) is 61.0 Å². The molecule has 1 saturated heterocycles. The van der Waals surface area contributed by atoms with Gasteiger partial charge in [0.1, 0.15) is 11.3 Å². The van der Waals surface area contributed by atoms with Crippen molar-refractivity contribution in [3.8, 4) is 0 Å². The van der Waals surface area contributed by atoms with Crippen molar-refractivity contribution in [1.82, 2.24) is 5.32 Å². The molecule has 150 valence electrons. The van der Waals surface area contributed by atoms with E-state index in [2.05, 4.69) is 21.2 Å². The van der Waals surface area contributed by atoms with Gasteiger partial charge in [-0.3, -0.25) is 14.9 Å². The zero-order valence-electron chi connectivity index (χ0n) is 15.7. The molecule has 1 aromatic heterocycles. The second kappa shape index (κ2) is 8.33. The summed E-state index contributed by atoms with van der Waals surface area (Å²) in [7, 11) is 0. The Morgan fingerprint density at radius 2 is 1.80 bits per heavy atom. The Kier molecular flexibility index (Phi) is 5.61. The lowest BCUT2D eigenvalue weighted by Crippen LogP contribution is -2.54. The van der Waals surface area contributed by atoms with Crippen molar-refractivity contribution in [2.75, 3.05) is 4.90 Å². The zero-order chi connectivity index (χ0) is 21.3. The first-order valence-electron chi connectivity index (χ1n) is 8.93. The molecular formula is C22H15BrN2O4S. The number of carbonyl (C=O) groups is 3. The topological polar surface area (TPSA) is 79.6 Å². The molecule has 0 saturated carbocycles. The monoisotopic (exact) mass is 482 g/mol. The molecule has 0 bridgehead atoms. The number of carbonyl (C=O) groups excluding carboxylic acids is 3. The van der Waals surface area contributed by atoms with Crippen LogP contribution in [0.25, 0.3) is 6.08 Å². The number of anilines is 1. The molecule has 1 N–H and O–H groups in total. The van der Waals surface area contributed by atoms with Crippen molar-refractivity contribution in [3.05, 3.63) is 82.0 Å². The van der Waals surface area contributed by atoms with E-state index in [9.17, 15) is 14.4 Å². The van der Waals surface area contributed by atoms with Crippen molar-refractivity contribution >= 4 is 57.3 Å². The predicted octanol–water partition coefficient (Wildman–Crippen LogP) is 5.17. The minimum absolute atomic E-state index is 0.178.